The highest BCUT2D eigenvalue weighted by Crippen LogP contribution is 2.23. The van der Waals surface area contributed by atoms with Gasteiger partial charge in [0.05, 0.1) is 13.2 Å². The van der Waals surface area contributed by atoms with Crippen molar-refractivity contribution in [2.24, 2.45) is 11.5 Å². The molecular weight excluding hydrogens is 528 g/mol. The van der Waals surface area contributed by atoms with Crippen LogP contribution in [0, 0.1) is 6.92 Å². The Kier molecular flexibility index (Phi) is 12.8. The van der Waals surface area contributed by atoms with Crippen molar-refractivity contribution in [3.8, 4) is 0 Å². The molecular formula is C30H36N4O7. The lowest BCUT2D eigenvalue weighted by Crippen LogP contribution is -2.21. The standard InChI is InChI=1S/C26H28N4O5.C4H8O2/c1-16-12-19(23(25(32)33)29-22-7-3-5-20(14-22)24(28)31)9-8-18(16)10-11-35-26(34)30-21-6-2-4-17(13-21)15-27;1-3-6-4(2)5/h2-9,12-14,23,29H,10-11,15,27H2,1H3,(H2,28,31)(H,30,34)(H,32,33);3H2,1-2H3. The third kappa shape index (κ3) is 11.0. The highest BCUT2D eigenvalue weighted by atomic mass is 16.5. The van der Waals surface area contributed by atoms with E-state index in [0.29, 0.717) is 36.5 Å². The Morgan fingerprint density at radius 1 is 0.951 bits per heavy atom. The van der Waals surface area contributed by atoms with Gasteiger partial charge < -0.3 is 31.4 Å². The van der Waals surface area contributed by atoms with Gasteiger partial charge in [-0.15, -0.1) is 0 Å². The number of hydrogen-bond acceptors (Lipinski definition) is 8. The van der Waals surface area contributed by atoms with Gasteiger partial charge in [0.1, 0.15) is 0 Å². The predicted octanol–water partition coefficient (Wildman–Crippen LogP) is 4.15. The van der Waals surface area contributed by atoms with Crippen LogP contribution in [0.25, 0.3) is 0 Å². The number of hydrogen-bond donors (Lipinski definition) is 5. The molecule has 0 bridgehead atoms. The van der Waals surface area contributed by atoms with E-state index in [0.717, 1.165) is 16.7 Å². The lowest BCUT2D eigenvalue weighted by Gasteiger charge is -2.18. The fourth-order valence-corrected chi connectivity index (χ4v) is 3.78. The number of carbonyl (C=O) groups is 4. The van der Waals surface area contributed by atoms with Crippen molar-refractivity contribution in [1.29, 1.82) is 0 Å². The summed E-state index contributed by atoms with van der Waals surface area (Å²) in [6.45, 7) is 6.05. The third-order valence-electron chi connectivity index (χ3n) is 5.77. The van der Waals surface area contributed by atoms with Crippen LogP contribution in [0.1, 0.15) is 52.5 Å². The number of benzene rings is 3. The Bertz CT molecular complexity index is 1360. The number of nitrogens with one attached hydrogen (secondary N) is 2. The van der Waals surface area contributed by atoms with Crippen LogP contribution in [-0.4, -0.2) is 42.3 Å². The van der Waals surface area contributed by atoms with Crippen molar-refractivity contribution >= 4 is 35.3 Å². The molecule has 3 rings (SSSR count). The SMILES string of the molecule is CCOC(C)=O.Cc1cc(C(Nc2cccc(C(N)=O)c2)C(=O)O)ccc1CCOC(=O)Nc1cccc(CN)c1. The predicted molar refractivity (Wildman–Crippen MR) is 155 cm³/mol. The summed E-state index contributed by atoms with van der Waals surface area (Å²) in [4.78, 5) is 45.2. The topological polar surface area (TPSA) is 183 Å². The molecule has 11 heteroatoms. The van der Waals surface area contributed by atoms with Crippen LogP contribution < -0.4 is 22.1 Å². The largest absolute Gasteiger partial charge is 0.479 e. The number of ether oxygens (including phenoxy) is 2. The van der Waals surface area contributed by atoms with E-state index in [2.05, 4.69) is 15.4 Å². The number of carbonyl (C=O) groups excluding carboxylic acids is 3. The molecule has 0 aliphatic carbocycles. The average molecular weight is 565 g/mol. The molecule has 3 aromatic carbocycles. The number of aryl methyl sites for hydroxylation is 1. The molecule has 41 heavy (non-hydrogen) atoms. The van der Waals surface area contributed by atoms with Crippen molar-refractivity contribution in [2.75, 3.05) is 23.8 Å². The average Bonchev–Trinajstić information content (AvgIpc) is 2.93. The molecule has 1 unspecified atom stereocenters. The van der Waals surface area contributed by atoms with E-state index in [1.54, 1.807) is 55.5 Å². The number of nitrogens with two attached hydrogens (primary N) is 2. The summed E-state index contributed by atoms with van der Waals surface area (Å²) < 4.78 is 9.68. The van der Waals surface area contributed by atoms with Crippen LogP contribution in [-0.2, 0) is 32.0 Å². The normalized spacial score (nSPS) is 10.8. The van der Waals surface area contributed by atoms with Crippen LogP contribution in [0.5, 0.6) is 0 Å². The highest BCUT2D eigenvalue weighted by molar-refractivity contribution is 5.94. The Balaban J connectivity index is 0.000000883. The Labute approximate surface area is 238 Å². The molecule has 0 saturated heterocycles. The first-order chi connectivity index (χ1) is 19.5. The van der Waals surface area contributed by atoms with Crippen LogP contribution in [0.2, 0.25) is 0 Å². The minimum atomic E-state index is -1.07. The van der Waals surface area contributed by atoms with E-state index in [9.17, 15) is 24.3 Å². The monoisotopic (exact) mass is 564 g/mol. The van der Waals surface area contributed by atoms with Gasteiger partial charge in [-0.2, -0.15) is 0 Å². The molecule has 0 radical (unpaired) electrons. The molecule has 0 spiro atoms. The first-order valence-corrected chi connectivity index (χ1v) is 12.9. The Hall–Kier alpha value is -4.90. The number of esters is 1. The quantitative estimate of drug-likeness (QED) is 0.214. The molecule has 1 atom stereocenters. The van der Waals surface area contributed by atoms with Crippen molar-refractivity contribution < 1.29 is 33.8 Å². The summed E-state index contributed by atoms with van der Waals surface area (Å²) >= 11 is 0. The Morgan fingerprint density at radius 3 is 2.24 bits per heavy atom. The summed E-state index contributed by atoms with van der Waals surface area (Å²) in [5.41, 5.74) is 15.5. The van der Waals surface area contributed by atoms with E-state index in [-0.39, 0.29) is 18.1 Å². The van der Waals surface area contributed by atoms with Gasteiger partial charge in [0.15, 0.2) is 6.04 Å². The van der Waals surface area contributed by atoms with Gasteiger partial charge in [-0.3, -0.25) is 14.9 Å². The van der Waals surface area contributed by atoms with Crippen molar-refractivity contribution in [2.45, 2.75) is 39.8 Å². The minimum absolute atomic E-state index is 0.156. The van der Waals surface area contributed by atoms with Crippen LogP contribution >= 0.6 is 0 Å². The summed E-state index contributed by atoms with van der Waals surface area (Å²) in [5.74, 6) is -1.88. The Morgan fingerprint density at radius 2 is 1.66 bits per heavy atom. The molecule has 11 nitrogen and oxygen atoms in total. The second kappa shape index (κ2) is 16.3. The molecule has 3 aromatic rings. The van der Waals surface area contributed by atoms with E-state index < -0.39 is 24.0 Å². The van der Waals surface area contributed by atoms with Crippen LogP contribution in [0.15, 0.2) is 66.7 Å². The maximum atomic E-state index is 12.1. The van der Waals surface area contributed by atoms with Gasteiger partial charge in [0, 0.05) is 36.8 Å². The van der Waals surface area contributed by atoms with Gasteiger partial charge in [0.25, 0.3) is 0 Å². The zero-order chi connectivity index (χ0) is 30.4. The van der Waals surface area contributed by atoms with Crippen molar-refractivity contribution in [3.05, 3.63) is 94.5 Å². The zero-order valence-electron chi connectivity index (χ0n) is 23.3. The van der Waals surface area contributed by atoms with Crippen LogP contribution in [0.3, 0.4) is 0 Å². The number of carboxylic acid groups (broad SMARTS) is 1. The number of primary amides is 1. The number of anilines is 2. The first-order valence-electron chi connectivity index (χ1n) is 12.9. The lowest BCUT2D eigenvalue weighted by atomic mass is 9.98. The third-order valence-corrected chi connectivity index (χ3v) is 5.77. The lowest BCUT2D eigenvalue weighted by molar-refractivity contribution is -0.140. The molecule has 0 saturated carbocycles. The second-order valence-corrected chi connectivity index (χ2v) is 8.89. The van der Waals surface area contributed by atoms with E-state index >= 15 is 0 Å². The highest BCUT2D eigenvalue weighted by Gasteiger charge is 2.21. The molecule has 2 amide bonds. The fraction of sp³-hybridized carbons (Fsp3) is 0.267. The second-order valence-electron chi connectivity index (χ2n) is 8.89. The molecule has 0 heterocycles. The molecule has 0 fully saturated rings. The van der Waals surface area contributed by atoms with Gasteiger partial charge in [-0.25, -0.2) is 9.59 Å². The first kappa shape index (κ1) is 32.3. The number of amides is 2. The van der Waals surface area contributed by atoms with E-state index in [1.165, 1.54) is 13.0 Å². The summed E-state index contributed by atoms with van der Waals surface area (Å²) in [6.07, 6.45) is -0.101. The maximum Gasteiger partial charge on any atom is 0.411 e. The van der Waals surface area contributed by atoms with E-state index in [4.69, 9.17) is 16.2 Å². The molecule has 0 aromatic heterocycles. The number of rotatable bonds is 11. The molecule has 218 valence electrons. The maximum absolute atomic E-state index is 12.1. The van der Waals surface area contributed by atoms with Gasteiger partial charge in [-0.05, 0) is 66.4 Å². The van der Waals surface area contributed by atoms with E-state index in [1.807, 2.05) is 19.1 Å². The zero-order valence-corrected chi connectivity index (χ0v) is 23.3. The van der Waals surface area contributed by atoms with Crippen LogP contribution in [0.4, 0.5) is 16.2 Å². The van der Waals surface area contributed by atoms with Gasteiger partial charge in [0.2, 0.25) is 5.91 Å². The number of carboxylic acids is 1. The summed E-state index contributed by atoms with van der Waals surface area (Å²) in [5, 5.41) is 15.4. The van der Waals surface area contributed by atoms with Crippen molar-refractivity contribution in [1.82, 2.24) is 0 Å². The summed E-state index contributed by atoms with van der Waals surface area (Å²) in [7, 11) is 0. The minimum Gasteiger partial charge on any atom is -0.479 e. The number of aliphatic carboxylic acids is 1. The van der Waals surface area contributed by atoms with Gasteiger partial charge >= 0.3 is 18.0 Å². The fourth-order valence-electron chi connectivity index (χ4n) is 3.78. The molecule has 7 N–H and O–H groups in total. The van der Waals surface area contributed by atoms with Gasteiger partial charge in [-0.1, -0.05) is 36.4 Å². The smallest absolute Gasteiger partial charge is 0.411 e. The van der Waals surface area contributed by atoms with Crippen molar-refractivity contribution in [3.63, 3.8) is 0 Å². The summed E-state index contributed by atoms with van der Waals surface area (Å²) in [6, 6.07) is 17.8. The molecule has 0 aliphatic heterocycles. The molecule has 0 aliphatic rings.